The van der Waals surface area contributed by atoms with E-state index in [1.54, 1.807) is 24.8 Å². The lowest BCUT2D eigenvalue weighted by Gasteiger charge is -2.25. The highest BCUT2D eigenvalue weighted by Crippen LogP contribution is 2.31. The number of carbonyl (C=O) groups excluding carboxylic acids is 3. The summed E-state index contributed by atoms with van der Waals surface area (Å²) in [6.07, 6.45) is 1.64. The van der Waals surface area contributed by atoms with Gasteiger partial charge in [-0.25, -0.2) is 0 Å². The van der Waals surface area contributed by atoms with E-state index < -0.39 is 5.92 Å². The molecule has 0 N–H and O–H groups in total. The zero-order chi connectivity index (χ0) is 17.0. The molecule has 1 aromatic rings. The zero-order valence-electron chi connectivity index (χ0n) is 12.8. The van der Waals surface area contributed by atoms with E-state index in [0.717, 1.165) is 17.1 Å². The first-order valence-electron chi connectivity index (χ1n) is 7.58. The molecular weight excluding hydrogens is 355 g/mol. The van der Waals surface area contributed by atoms with Crippen molar-refractivity contribution in [1.82, 2.24) is 0 Å². The fourth-order valence-corrected chi connectivity index (χ4v) is 4.15. The minimum absolute atomic E-state index is 0.0335. The van der Waals surface area contributed by atoms with Crippen molar-refractivity contribution >= 4 is 52.3 Å². The van der Waals surface area contributed by atoms with Gasteiger partial charge in [0.05, 0.1) is 10.0 Å². The second kappa shape index (κ2) is 8.32. The van der Waals surface area contributed by atoms with Crippen LogP contribution in [0, 0.1) is 11.8 Å². The van der Waals surface area contributed by atoms with Gasteiger partial charge in [-0.05, 0) is 36.3 Å². The Morgan fingerprint density at radius 2 is 1.83 bits per heavy atom. The van der Waals surface area contributed by atoms with Gasteiger partial charge >= 0.3 is 0 Å². The maximum Gasteiger partial charge on any atom is 0.151 e. The van der Waals surface area contributed by atoms with Crippen molar-refractivity contribution in [3.05, 3.63) is 28.2 Å². The van der Waals surface area contributed by atoms with Gasteiger partial charge in [-0.2, -0.15) is 0 Å². The second-order valence-corrected chi connectivity index (χ2v) is 7.66. The molecule has 1 aromatic carbocycles. The Morgan fingerprint density at radius 1 is 1.17 bits per heavy atom. The van der Waals surface area contributed by atoms with E-state index in [0.29, 0.717) is 22.9 Å². The number of Topliss-reactive ketones (excluding diaryl/α,β-unsaturated/α-hetero) is 3. The molecule has 0 aliphatic heterocycles. The predicted octanol–water partition coefficient (Wildman–Crippen LogP) is 4.62. The van der Waals surface area contributed by atoms with Gasteiger partial charge in [0.1, 0.15) is 5.92 Å². The van der Waals surface area contributed by atoms with E-state index in [1.165, 1.54) is 0 Å². The number of halogens is 2. The first-order valence-corrected chi connectivity index (χ1v) is 9.32. The van der Waals surface area contributed by atoms with Gasteiger partial charge < -0.3 is 0 Å². The SMILES string of the molecule is CCC(=O)C1C(=O)CC(CCSc2ccc(Cl)c(Cl)c2)CC1=O. The average Bonchev–Trinajstić information content (AvgIpc) is 2.50. The zero-order valence-corrected chi connectivity index (χ0v) is 15.1. The normalized spacial score (nSPS) is 21.5. The van der Waals surface area contributed by atoms with Crippen LogP contribution < -0.4 is 0 Å². The molecule has 0 spiro atoms. The van der Waals surface area contributed by atoms with Gasteiger partial charge in [-0.3, -0.25) is 14.4 Å². The Labute approximate surface area is 150 Å². The third-order valence-corrected chi connectivity index (χ3v) is 5.75. The van der Waals surface area contributed by atoms with Crippen LogP contribution in [-0.4, -0.2) is 23.1 Å². The minimum Gasteiger partial charge on any atom is -0.298 e. The summed E-state index contributed by atoms with van der Waals surface area (Å²) in [5.41, 5.74) is 0. The molecule has 0 aromatic heterocycles. The molecule has 1 aliphatic rings. The van der Waals surface area contributed by atoms with Crippen LogP contribution in [0.25, 0.3) is 0 Å². The van der Waals surface area contributed by atoms with Crippen LogP contribution in [0.1, 0.15) is 32.6 Å². The fraction of sp³-hybridized carbons (Fsp3) is 0.471. The van der Waals surface area contributed by atoms with Crippen molar-refractivity contribution in [1.29, 1.82) is 0 Å². The van der Waals surface area contributed by atoms with Crippen LogP contribution in [-0.2, 0) is 14.4 Å². The number of ketones is 3. The molecule has 3 nitrogen and oxygen atoms in total. The van der Waals surface area contributed by atoms with Crippen LogP contribution >= 0.6 is 35.0 Å². The second-order valence-electron chi connectivity index (χ2n) is 5.67. The van der Waals surface area contributed by atoms with Gasteiger partial charge in [0.25, 0.3) is 0 Å². The highest BCUT2D eigenvalue weighted by molar-refractivity contribution is 7.99. The summed E-state index contributed by atoms with van der Waals surface area (Å²) in [6.45, 7) is 1.68. The van der Waals surface area contributed by atoms with E-state index in [9.17, 15) is 14.4 Å². The van der Waals surface area contributed by atoms with Crippen molar-refractivity contribution in [3.63, 3.8) is 0 Å². The van der Waals surface area contributed by atoms with Crippen LogP contribution in [0.15, 0.2) is 23.1 Å². The summed E-state index contributed by atoms with van der Waals surface area (Å²) >= 11 is 13.5. The van der Waals surface area contributed by atoms with Crippen molar-refractivity contribution in [2.75, 3.05) is 5.75 Å². The van der Waals surface area contributed by atoms with E-state index in [4.69, 9.17) is 23.2 Å². The Hall–Kier alpha value is -0.840. The first-order chi connectivity index (χ1) is 10.9. The molecule has 0 unspecified atom stereocenters. The Balaban J connectivity index is 1.85. The minimum atomic E-state index is -1.00. The Morgan fingerprint density at radius 3 is 2.39 bits per heavy atom. The molecule has 0 amide bonds. The fourth-order valence-electron chi connectivity index (χ4n) is 2.73. The number of rotatable bonds is 6. The molecule has 1 aliphatic carbocycles. The standard InChI is InChI=1S/C17H18Cl2O3S/c1-2-14(20)17-15(21)7-10(8-16(17)22)5-6-23-11-3-4-12(18)13(19)9-11/h3-4,9-10,17H,2,5-8H2,1H3. The third kappa shape index (κ3) is 4.82. The molecule has 0 radical (unpaired) electrons. The highest BCUT2D eigenvalue weighted by atomic mass is 35.5. The summed E-state index contributed by atoms with van der Waals surface area (Å²) in [6, 6.07) is 5.45. The smallest absolute Gasteiger partial charge is 0.151 e. The summed E-state index contributed by atoms with van der Waals surface area (Å²) in [4.78, 5) is 36.8. The lowest BCUT2D eigenvalue weighted by molar-refractivity contribution is -0.143. The van der Waals surface area contributed by atoms with E-state index in [2.05, 4.69) is 0 Å². The summed E-state index contributed by atoms with van der Waals surface area (Å²) in [5, 5.41) is 1.03. The van der Waals surface area contributed by atoms with Crippen LogP contribution in [0.3, 0.4) is 0 Å². The monoisotopic (exact) mass is 372 g/mol. The summed E-state index contributed by atoms with van der Waals surface area (Å²) in [7, 11) is 0. The topological polar surface area (TPSA) is 51.2 Å². The molecule has 1 fully saturated rings. The van der Waals surface area contributed by atoms with Crippen LogP contribution in [0.5, 0.6) is 0 Å². The molecule has 1 saturated carbocycles. The molecule has 0 heterocycles. The Bertz CT molecular complexity index is 612. The van der Waals surface area contributed by atoms with Crippen LogP contribution in [0.4, 0.5) is 0 Å². The molecule has 124 valence electrons. The molecule has 0 atom stereocenters. The first kappa shape index (κ1) is 18.5. The van der Waals surface area contributed by atoms with Crippen molar-refractivity contribution < 1.29 is 14.4 Å². The summed E-state index contributed by atoms with van der Waals surface area (Å²) < 4.78 is 0. The van der Waals surface area contributed by atoms with Gasteiger partial charge in [-0.15, -0.1) is 11.8 Å². The molecule has 2 rings (SSSR count). The maximum absolute atomic E-state index is 12.1. The predicted molar refractivity (Wildman–Crippen MR) is 93.3 cm³/mol. The highest BCUT2D eigenvalue weighted by Gasteiger charge is 2.38. The van der Waals surface area contributed by atoms with E-state index in [-0.39, 0.29) is 29.7 Å². The van der Waals surface area contributed by atoms with Gasteiger partial charge in [-0.1, -0.05) is 30.1 Å². The van der Waals surface area contributed by atoms with Gasteiger partial charge in [0.2, 0.25) is 0 Å². The third-order valence-electron chi connectivity index (χ3n) is 3.98. The van der Waals surface area contributed by atoms with E-state index in [1.807, 2.05) is 12.1 Å². The quantitative estimate of drug-likeness (QED) is 0.539. The van der Waals surface area contributed by atoms with Crippen molar-refractivity contribution in [2.45, 2.75) is 37.5 Å². The molecule has 6 heteroatoms. The lowest BCUT2D eigenvalue weighted by atomic mass is 9.76. The van der Waals surface area contributed by atoms with E-state index >= 15 is 0 Å². The number of hydrogen-bond acceptors (Lipinski definition) is 4. The maximum atomic E-state index is 12.1. The molecule has 23 heavy (non-hydrogen) atoms. The number of hydrogen-bond donors (Lipinski definition) is 0. The average molecular weight is 373 g/mol. The molecule has 0 saturated heterocycles. The van der Waals surface area contributed by atoms with Crippen molar-refractivity contribution in [2.24, 2.45) is 11.8 Å². The lowest BCUT2D eigenvalue weighted by Crippen LogP contribution is -2.38. The number of benzene rings is 1. The van der Waals surface area contributed by atoms with Crippen molar-refractivity contribution in [3.8, 4) is 0 Å². The van der Waals surface area contributed by atoms with Gasteiger partial charge in [0.15, 0.2) is 17.3 Å². The Kier molecular flexibility index (Phi) is 6.69. The largest absolute Gasteiger partial charge is 0.298 e. The number of thioether (sulfide) groups is 1. The summed E-state index contributed by atoms with van der Waals surface area (Å²) in [5.74, 6) is -0.848. The molecule has 0 bridgehead atoms. The van der Waals surface area contributed by atoms with Crippen LogP contribution in [0.2, 0.25) is 10.0 Å². The number of carbonyl (C=O) groups is 3. The molecular formula is C17H18Cl2O3S. The van der Waals surface area contributed by atoms with Gasteiger partial charge in [0, 0.05) is 24.2 Å².